The molecule has 2 N–H and O–H groups in total. The van der Waals surface area contributed by atoms with Crippen molar-refractivity contribution in [3.8, 4) is 0 Å². The van der Waals surface area contributed by atoms with Crippen molar-refractivity contribution >= 4 is 23.5 Å². The predicted octanol–water partition coefficient (Wildman–Crippen LogP) is 2.67. The molecule has 1 aromatic carbocycles. The van der Waals surface area contributed by atoms with Crippen LogP contribution in [0.5, 0.6) is 0 Å². The van der Waals surface area contributed by atoms with E-state index < -0.39 is 5.97 Å². The van der Waals surface area contributed by atoms with Crippen molar-refractivity contribution in [2.45, 2.75) is 13.5 Å². The van der Waals surface area contributed by atoms with Crippen LogP contribution in [0.25, 0.3) is 0 Å². The number of aromatic carboxylic acids is 1. The number of nitrogens with one attached hydrogen (secondary N) is 1. The van der Waals surface area contributed by atoms with Crippen molar-refractivity contribution in [3.05, 3.63) is 63.9 Å². The molecule has 0 spiro atoms. The number of amides is 1. The minimum Gasteiger partial charge on any atom is -0.478 e. The van der Waals surface area contributed by atoms with Gasteiger partial charge in [-0.3, -0.25) is 9.78 Å². The lowest BCUT2D eigenvalue weighted by Crippen LogP contribution is -2.23. The Kier molecular flexibility index (Phi) is 4.55. The summed E-state index contributed by atoms with van der Waals surface area (Å²) in [4.78, 5) is 26.9. The highest BCUT2D eigenvalue weighted by atomic mass is 35.5. The molecule has 2 aromatic rings. The summed E-state index contributed by atoms with van der Waals surface area (Å²) in [5.74, 6) is -1.32. The first kappa shape index (κ1) is 15.0. The molecule has 1 aromatic heterocycles. The smallest absolute Gasteiger partial charge is 0.335 e. The number of benzene rings is 1. The van der Waals surface area contributed by atoms with E-state index in [0.717, 1.165) is 5.56 Å². The van der Waals surface area contributed by atoms with Crippen LogP contribution >= 0.6 is 11.6 Å². The van der Waals surface area contributed by atoms with Crippen LogP contribution in [-0.4, -0.2) is 22.0 Å². The lowest BCUT2D eigenvalue weighted by atomic mass is 10.1. The summed E-state index contributed by atoms with van der Waals surface area (Å²) in [6.45, 7) is 1.99. The van der Waals surface area contributed by atoms with Gasteiger partial charge in [0.05, 0.1) is 17.8 Å². The van der Waals surface area contributed by atoms with Gasteiger partial charge >= 0.3 is 5.97 Å². The number of carbonyl (C=O) groups excluding carboxylic acids is 1. The van der Waals surface area contributed by atoms with Gasteiger partial charge in [0.2, 0.25) is 0 Å². The number of hydrogen-bond donors (Lipinski definition) is 2. The molecule has 5 nitrogen and oxygen atoms in total. The molecule has 0 aliphatic rings. The van der Waals surface area contributed by atoms with E-state index in [1.807, 2.05) is 6.92 Å². The highest BCUT2D eigenvalue weighted by Crippen LogP contribution is 2.14. The maximum absolute atomic E-state index is 12.0. The topological polar surface area (TPSA) is 79.3 Å². The number of rotatable bonds is 4. The first-order chi connectivity index (χ1) is 9.95. The van der Waals surface area contributed by atoms with Gasteiger partial charge in [0.25, 0.3) is 5.91 Å². The van der Waals surface area contributed by atoms with Crippen LogP contribution < -0.4 is 5.32 Å². The number of pyridine rings is 1. The normalized spacial score (nSPS) is 10.2. The van der Waals surface area contributed by atoms with Gasteiger partial charge in [-0.1, -0.05) is 11.6 Å². The lowest BCUT2D eigenvalue weighted by Gasteiger charge is -2.07. The molecular formula is C15H13ClN2O3. The second-order valence-electron chi connectivity index (χ2n) is 4.54. The average molecular weight is 305 g/mol. The van der Waals surface area contributed by atoms with E-state index in [2.05, 4.69) is 10.3 Å². The van der Waals surface area contributed by atoms with Gasteiger partial charge < -0.3 is 10.4 Å². The molecule has 6 heteroatoms. The van der Waals surface area contributed by atoms with Crippen LogP contribution in [-0.2, 0) is 6.54 Å². The third-order valence-corrected chi connectivity index (χ3v) is 3.02. The van der Waals surface area contributed by atoms with Gasteiger partial charge in [-0.05, 0) is 42.8 Å². The van der Waals surface area contributed by atoms with Gasteiger partial charge in [0.15, 0.2) is 0 Å². The van der Waals surface area contributed by atoms with Crippen LogP contribution in [0.15, 0.2) is 36.5 Å². The molecule has 0 aliphatic carbocycles. The molecule has 0 unspecified atom stereocenters. The third kappa shape index (κ3) is 4.03. The van der Waals surface area contributed by atoms with E-state index in [9.17, 15) is 9.59 Å². The van der Waals surface area contributed by atoms with Gasteiger partial charge in [0, 0.05) is 16.8 Å². The monoisotopic (exact) mass is 304 g/mol. The molecular weight excluding hydrogens is 292 g/mol. The Hall–Kier alpha value is -2.40. The van der Waals surface area contributed by atoms with Crippen molar-refractivity contribution in [1.29, 1.82) is 0 Å². The van der Waals surface area contributed by atoms with E-state index >= 15 is 0 Å². The van der Waals surface area contributed by atoms with Crippen LogP contribution in [0.1, 0.15) is 32.0 Å². The van der Waals surface area contributed by atoms with E-state index in [-0.39, 0.29) is 18.0 Å². The number of carboxylic acid groups (broad SMARTS) is 1. The van der Waals surface area contributed by atoms with Crippen LogP contribution in [0.3, 0.4) is 0 Å². The highest BCUT2D eigenvalue weighted by molar-refractivity contribution is 6.31. The molecule has 0 bridgehead atoms. The first-order valence-corrected chi connectivity index (χ1v) is 6.57. The molecule has 0 saturated carbocycles. The largest absolute Gasteiger partial charge is 0.478 e. The van der Waals surface area contributed by atoms with Crippen molar-refractivity contribution in [3.63, 3.8) is 0 Å². The van der Waals surface area contributed by atoms with Crippen LogP contribution in [0, 0.1) is 6.92 Å². The van der Waals surface area contributed by atoms with Gasteiger partial charge in [-0.15, -0.1) is 0 Å². The zero-order valence-electron chi connectivity index (χ0n) is 11.3. The van der Waals surface area contributed by atoms with Crippen LogP contribution in [0.2, 0.25) is 5.02 Å². The summed E-state index contributed by atoms with van der Waals surface area (Å²) < 4.78 is 0. The summed E-state index contributed by atoms with van der Waals surface area (Å²) in [7, 11) is 0. The van der Waals surface area contributed by atoms with Crippen molar-refractivity contribution in [1.82, 2.24) is 10.3 Å². The zero-order chi connectivity index (χ0) is 15.4. The second kappa shape index (κ2) is 6.37. The van der Waals surface area contributed by atoms with E-state index in [1.165, 1.54) is 18.3 Å². The summed E-state index contributed by atoms with van der Waals surface area (Å²) in [6.07, 6.45) is 1.40. The molecule has 0 aliphatic heterocycles. The number of carboxylic acids is 1. The molecule has 0 saturated heterocycles. The van der Waals surface area contributed by atoms with Gasteiger partial charge in [-0.25, -0.2) is 4.79 Å². The fourth-order valence-corrected chi connectivity index (χ4v) is 2.14. The summed E-state index contributed by atoms with van der Waals surface area (Å²) in [5, 5.41) is 12.1. The van der Waals surface area contributed by atoms with Gasteiger partial charge in [-0.2, -0.15) is 0 Å². The maximum Gasteiger partial charge on any atom is 0.335 e. The average Bonchev–Trinajstić information content (AvgIpc) is 2.44. The molecule has 0 radical (unpaired) electrons. The minimum atomic E-state index is -1.03. The number of nitrogens with zero attached hydrogens (tertiary/aromatic N) is 1. The highest BCUT2D eigenvalue weighted by Gasteiger charge is 2.09. The molecule has 0 atom stereocenters. The molecule has 0 fully saturated rings. The molecule has 1 amide bonds. The quantitative estimate of drug-likeness (QED) is 0.910. The molecule has 21 heavy (non-hydrogen) atoms. The fourth-order valence-electron chi connectivity index (χ4n) is 1.85. The summed E-state index contributed by atoms with van der Waals surface area (Å²) in [5.41, 5.74) is 1.95. The minimum absolute atomic E-state index is 0.132. The molecule has 2 rings (SSSR count). The molecule has 1 heterocycles. The fraction of sp³-hybridized carbons (Fsp3) is 0.133. The second-order valence-corrected chi connectivity index (χ2v) is 4.98. The molecule has 108 valence electrons. The van der Waals surface area contributed by atoms with Crippen molar-refractivity contribution in [2.24, 2.45) is 0 Å². The number of aryl methyl sites for hydroxylation is 1. The van der Waals surface area contributed by atoms with Crippen molar-refractivity contribution < 1.29 is 14.7 Å². The Bertz CT molecular complexity index is 681. The van der Waals surface area contributed by atoms with Crippen LogP contribution in [0.4, 0.5) is 0 Å². The number of hydrogen-bond acceptors (Lipinski definition) is 3. The Morgan fingerprint density at radius 2 is 2.00 bits per heavy atom. The SMILES string of the molecule is Cc1cc(Cl)cc(C(=O)NCc2cc(C(=O)O)ccn2)c1. The Morgan fingerprint density at radius 3 is 2.67 bits per heavy atom. The summed E-state index contributed by atoms with van der Waals surface area (Å²) in [6, 6.07) is 7.88. The summed E-state index contributed by atoms with van der Waals surface area (Å²) >= 11 is 5.91. The number of carbonyl (C=O) groups is 2. The standard InChI is InChI=1S/C15H13ClN2O3/c1-9-4-11(6-12(16)5-9)14(19)18-8-13-7-10(15(20)21)2-3-17-13/h2-7H,8H2,1H3,(H,18,19)(H,20,21). The van der Waals surface area contributed by atoms with Gasteiger partial charge in [0.1, 0.15) is 0 Å². The third-order valence-electron chi connectivity index (χ3n) is 2.80. The zero-order valence-corrected chi connectivity index (χ0v) is 12.0. The van der Waals surface area contributed by atoms with E-state index in [1.54, 1.807) is 18.2 Å². The number of aromatic nitrogens is 1. The lowest BCUT2D eigenvalue weighted by molar-refractivity contribution is 0.0696. The maximum atomic E-state index is 12.0. The van der Waals surface area contributed by atoms with Crippen molar-refractivity contribution in [2.75, 3.05) is 0 Å². The Labute approximate surface area is 126 Å². The van der Waals surface area contributed by atoms with E-state index in [4.69, 9.17) is 16.7 Å². The van der Waals surface area contributed by atoms with E-state index in [0.29, 0.717) is 16.3 Å². The Morgan fingerprint density at radius 1 is 1.24 bits per heavy atom. The number of halogens is 1. The predicted molar refractivity (Wildman–Crippen MR) is 78.6 cm³/mol. The Balaban J connectivity index is 2.07. The first-order valence-electron chi connectivity index (χ1n) is 6.19.